The highest BCUT2D eigenvalue weighted by Gasteiger charge is 2.14. The quantitative estimate of drug-likeness (QED) is 0.242. The molecule has 5 aromatic carbocycles. The minimum atomic E-state index is 0.783. The molecule has 1 nitrogen and oxygen atoms in total. The van der Waals surface area contributed by atoms with Crippen LogP contribution in [0.4, 0.5) is 0 Å². The Morgan fingerprint density at radius 3 is 2.12 bits per heavy atom. The fraction of sp³-hybridized carbons (Fsp3) is 0. The maximum atomic E-state index is 6.25. The van der Waals surface area contributed by atoms with Gasteiger partial charge in [-0.25, -0.2) is 0 Å². The molecule has 2 heterocycles. The molecule has 7 aromatic rings. The van der Waals surface area contributed by atoms with Crippen molar-refractivity contribution in [1.29, 1.82) is 0 Å². The van der Waals surface area contributed by atoms with Crippen LogP contribution in [0, 0.1) is 0 Å². The van der Waals surface area contributed by atoms with E-state index >= 15 is 0 Å². The van der Waals surface area contributed by atoms with Gasteiger partial charge in [0.15, 0.2) is 0 Å². The van der Waals surface area contributed by atoms with Crippen LogP contribution in [-0.4, -0.2) is 4.57 Å². The van der Waals surface area contributed by atoms with Crippen molar-refractivity contribution in [2.75, 3.05) is 0 Å². The Morgan fingerprint density at radius 2 is 1.24 bits per heavy atom. The fourth-order valence-electron chi connectivity index (χ4n) is 4.94. The van der Waals surface area contributed by atoms with Crippen LogP contribution in [0.3, 0.4) is 0 Å². The molecular weight excluding hydrogens is 442 g/mol. The number of para-hydroxylation sites is 1. The Bertz CT molecular complexity index is 1830. The summed E-state index contributed by atoms with van der Waals surface area (Å²) in [4.78, 5) is 0. The van der Waals surface area contributed by atoms with Crippen LogP contribution < -0.4 is 0 Å². The summed E-state index contributed by atoms with van der Waals surface area (Å²) in [5.74, 6) is 0. The molecule has 0 aliphatic rings. The first kappa shape index (κ1) is 18.9. The van der Waals surface area contributed by atoms with E-state index < -0.39 is 0 Å². The zero-order valence-electron chi connectivity index (χ0n) is 17.6. The standard InChI is InChI=1S/C30H18ClNS/c31-21-11-13-24-25-14-12-22(18-30(25)33-29(24)17-21)32-27-9-5-4-8-23(27)26-16-20(10-15-28(26)32)19-6-2-1-3-7-19/h1-18H. The van der Waals surface area contributed by atoms with Crippen molar-refractivity contribution >= 4 is 64.9 Å². The predicted molar refractivity (Wildman–Crippen MR) is 144 cm³/mol. The van der Waals surface area contributed by atoms with Crippen molar-refractivity contribution in [2.45, 2.75) is 0 Å². The van der Waals surface area contributed by atoms with E-state index in [9.17, 15) is 0 Å². The molecule has 33 heavy (non-hydrogen) atoms. The number of aromatic nitrogens is 1. The van der Waals surface area contributed by atoms with Gasteiger partial charge in [-0.05, 0) is 53.6 Å². The Balaban J connectivity index is 1.50. The van der Waals surface area contributed by atoms with Gasteiger partial charge in [0.1, 0.15) is 0 Å². The van der Waals surface area contributed by atoms with Crippen molar-refractivity contribution in [2.24, 2.45) is 0 Å². The SMILES string of the molecule is Clc1ccc2c(c1)sc1cc(-n3c4ccccc4c4cc(-c5ccccc5)ccc43)ccc12. The highest BCUT2D eigenvalue weighted by Crippen LogP contribution is 2.39. The minimum absolute atomic E-state index is 0.783. The van der Waals surface area contributed by atoms with E-state index in [1.54, 1.807) is 11.3 Å². The van der Waals surface area contributed by atoms with Crippen LogP contribution in [0.15, 0.2) is 109 Å². The summed E-state index contributed by atoms with van der Waals surface area (Å²) in [5, 5.41) is 5.87. The first-order chi connectivity index (χ1) is 16.3. The number of nitrogens with zero attached hydrogens (tertiary/aromatic N) is 1. The molecular formula is C30H18ClNS. The van der Waals surface area contributed by atoms with Crippen molar-refractivity contribution in [3.05, 3.63) is 114 Å². The van der Waals surface area contributed by atoms with Gasteiger partial charge in [-0.1, -0.05) is 78.3 Å². The van der Waals surface area contributed by atoms with Gasteiger partial charge in [0.05, 0.1) is 11.0 Å². The number of rotatable bonds is 2. The van der Waals surface area contributed by atoms with E-state index in [4.69, 9.17) is 11.6 Å². The molecule has 0 spiro atoms. The molecule has 0 saturated carbocycles. The third kappa shape index (κ3) is 2.92. The summed E-state index contributed by atoms with van der Waals surface area (Å²) in [5.41, 5.74) is 6.10. The number of thiophene rings is 1. The summed E-state index contributed by atoms with van der Waals surface area (Å²) in [7, 11) is 0. The molecule has 7 rings (SSSR count). The molecule has 0 aliphatic heterocycles. The third-order valence-corrected chi connectivity index (χ3v) is 7.81. The van der Waals surface area contributed by atoms with Crippen LogP contribution in [0.2, 0.25) is 5.02 Å². The van der Waals surface area contributed by atoms with E-state index in [2.05, 4.69) is 108 Å². The normalized spacial score (nSPS) is 11.8. The lowest BCUT2D eigenvalue weighted by Gasteiger charge is -2.09. The van der Waals surface area contributed by atoms with Crippen molar-refractivity contribution < 1.29 is 0 Å². The maximum absolute atomic E-state index is 6.25. The van der Waals surface area contributed by atoms with Gasteiger partial charge in [-0.15, -0.1) is 11.3 Å². The first-order valence-electron chi connectivity index (χ1n) is 11.0. The lowest BCUT2D eigenvalue weighted by atomic mass is 10.0. The molecule has 0 aliphatic carbocycles. The Kier molecular flexibility index (Phi) is 4.14. The van der Waals surface area contributed by atoms with Gasteiger partial charge in [0, 0.05) is 41.7 Å². The largest absolute Gasteiger partial charge is 0.309 e. The summed E-state index contributed by atoms with van der Waals surface area (Å²) in [6, 6.07) is 39.0. The Hall–Kier alpha value is -3.59. The van der Waals surface area contributed by atoms with E-state index in [-0.39, 0.29) is 0 Å². The summed E-state index contributed by atoms with van der Waals surface area (Å²) in [6.07, 6.45) is 0. The monoisotopic (exact) mass is 459 g/mol. The maximum Gasteiger partial charge on any atom is 0.0541 e. The second kappa shape index (κ2) is 7.21. The summed E-state index contributed by atoms with van der Waals surface area (Å²) in [6.45, 7) is 0. The molecule has 0 saturated heterocycles. The molecule has 0 radical (unpaired) electrons. The summed E-state index contributed by atoms with van der Waals surface area (Å²) < 4.78 is 4.89. The van der Waals surface area contributed by atoms with Gasteiger partial charge in [-0.2, -0.15) is 0 Å². The van der Waals surface area contributed by atoms with E-state index in [0.717, 1.165) is 5.02 Å². The molecule has 0 fully saturated rings. The molecule has 3 heteroatoms. The summed E-state index contributed by atoms with van der Waals surface area (Å²) >= 11 is 8.05. The number of fused-ring (bicyclic) bond motifs is 6. The predicted octanol–water partition coefficient (Wildman–Crippen LogP) is 9.47. The first-order valence-corrected chi connectivity index (χ1v) is 12.2. The van der Waals surface area contributed by atoms with Gasteiger partial charge in [-0.3, -0.25) is 0 Å². The van der Waals surface area contributed by atoms with Crippen molar-refractivity contribution in [3.8, 4) is 16.8 Å². The van der Waals surface area contributed by atoms with Crippen LogP contribution in [-0.2, 0) is 0 Å². The smallest absolute Gasteiger partial charge is 0.0541 e. The average Bonchev–Trinajstić information content (AvgIpc) is 3.38. The van der Waals surface area contributed by atoms with E-state index in [1.165, 1.54) is 58.8 Å². The number of hydrogen-bond donors (Lipinski definition) is 0. The number of halogens is 1. The lowest BCUT2D eigenvalue weighted by molar-refractivity contribution is 1.19. The molecule has 0 amide bonds. The molecule has 156 valence electrons. The van der Waals surface area contributed by atoms with Crippen LogP contribution in [0.1, 0.15) is 0 Å². The molecule has 0 atom stereocenters. The molecule has 0 bridgehead atoms. The van der Waals surface area contributed by atoms with Crippen LogP contribution in [0.25, 0.3) is 58.8 Å². The Morgan fingerprint density at radius 1 is 0.515 bits per heavy atom. The lowest BCUT2D eigenvalue weighted by Crippen LogP contribution is -1.93. The Labute approximate surface area is 200 Å². The zero-order chi connectivity index (χ0) is 21.9. The second-order valence-corrected chi connectivity index (χ2v) is 9.89. The molecule has 0 N–H and O–H groups in total. The third-order valence-electron chi connectivity index (χ3n) is 6.46. The van der Waals surface area contributed by atoms with Gasteiger partial charge in [0.2, 0.25) is 0 Å². The van der Waals surface area contributed by atoms with E-state index in [1.807, 2.05) is 6.07 Å². The van der Waals surface area contributed by atoms with Crippen LogP contribution >= 0.6 is 22.9 Å². The fourth-order valence-corrected chi connectivity index (χ4v) is 6.36. The second-order valence-electron chi connectivity index (χ2n) is 8.37. The topological polar surface area (TPSA) is 4.93 Å². The highest BCUT2D eigenvalue weighted by atomic mass is 35.5. The van der Waals surface area contributed by atoms with Crippen LogP contribution in [0.5, 0.6) is 0 Å². The van der Waals surface area contributed by atoms with Crippen molar-refractivity contribution in [1.82, 2.24) is 4.57 Å². The highest BCUT2D eigenvalue weighted by molar-refractivity contribution is 7.25. The number of benzene rings is 5. The van der Waals surface area contributed by atoms with E-state index in [0.29, 0.717) is 0 Å². The van der Waals surface area contributed by atoms with Gasteiger partial charge in [0.25, 0.3) is 0 Å². The van der Waals surface area contributed by atoms with Gasteiger partial charge >= 0.3 is 0 Å². The molecule has 2 aromatic heterocycles. The number of hydrogen-bond acceptors (Lipinski definition) is 1. The van der Waals surface area contributed by atoms with Gasteiger partial charge < -0.3 is 4.57 Å². The average molecular weight is 460 g/mol. The zero-order valence-corrected chi connectivity index (χ0v) is 19.2. The van der Waals surface area contributed by atoms with Crippen molar-refractivity contribution in [3.63, 3.8) is 0 Å². The molecule has 0 unspecified atom stereocenters. The minimum Gasteiger partial charge on any atom is -0.309 e.